The van der Waals surface area contributed by atoms with Gasteiger partial charge in [0.2, 0.25) is 0 Å². The SMILES string of the molecule is Cc1cc(C)c(C(=O)N2CCN(c3cccc4cnn(C)c34)C[C@@H]2C)cc1CN1CCN(c2ccccc2C#N)CC1. The first-order valence-electron chi connectivity index (χ1n) is 14.9. The summed E-state index contributed by atoms with van der Waals surface area (Å²) >= 11 is 0. The van der Waals surface area contributed by atoms with Crippen molar-refractivity contribution in [2.24, 2.45) is 7.05 Å². The molecular weight excluding hydrogens is 522 g/mol. The van der Waals surface area contributed by atoms with Crippen molar-refractivity contribution >= 4 is 28.2 Å². The van der Waals surface area contributed by atoms with Gasteiger partial charge in [0.25, 0.3) is 5.91 Å². The number of para-hydroxylation sites is 2. The Morgan fingerprint density at radius 3 is 2.43 bits per heavy atom. The number of piperazine rings is 2. The van der Waals surface area contributed by atoms with Gasteiger partial charge in [0.1, 0.15) is 6.07 Å². The molecule has 2 aliphatic heterocycles. The third-order valence-corrected chi connectivity index (χ3v) is 9.01. The Bertz CT molecular complexity index is 1660. The minimum Gasteiger partial charge on any atom is -0.368 e. The van der Waals surface area contributed by atoms with Crippen molar-refractivity contribution in [3.05, 3.63) is 88.6 Å². The zero-order valence-electron chi connectivity index (χ0n) is 25.0. The van der Waals surface area contributed by atoms with Crippen molar-refractivity contribution in [3.8, 4) is 6.07 Å². The lowest BCUT2D eigenvalue weighted by Gasteiger charge is -2.41. The highest BCUT2D eigenvalue weighted by molar-refractivity contribution is 5.96. The maximum absolute atomic E-state index is 14.0. The highest BCUT2D eigenvalue weighted by Crippen LogP contribution is 2.29. The van der Waals surface area contributed by atoms with Gasteiger partial charge in [-0.25, -0.2) is 0 Å². The molecule has 8 nitrogen and oxygen atoms in total. The highest BCUT2D eigenvalue weighted by atomic mass is 16.2. The predicted molar refractivity (Wildman–Crippen MR) is 168 cm³/mol. The van der Waals surface area contributed by atoms with Crippen LogP contribution in [0.1, 0.15) is 39.5 Å². The van der Waals surface area contributed by atoms with Crippen molar-refractivity contribution in [2.75, 3.05) is 55.6 Å². The van der Waals surface area contributed by atoms with E-state index in [1.807, 2.05) is 47.1 Å². The molecule has 0 radical (unpaired) electrons. The first kappa shape index (κ1) is 27.8. The number of fused-ring (bicyclic) bond motifs is 1. The van der Waals surface area contributed by atoms with E-state index in [0.717, 1.165) is 79.1 Å². The molecule has 3 aromatic carbocycles. The van der Waals surface area contributed by atoms with Crippen molar-refractivity contribution < 1.29 is 4.79 Å². The van der Waals surface area contributed by atoms with Crippen LogP contribution in [0.2, 0.25) is 0 Å². The fraction of sp³-hybridized carbons (Fsp3) is 0.382. The number of carbonyl (C=O) groups is 1. The Labute approximate surface area is 248 Å². The Morgan fingerprint density at radius 1 is 0.929 bits per heavy atom. The van der Waals surface area contributed by atoms with Crippen LogP contribution in [0.3, 0.4) is 0 Å². The van der Waals surface area contributed by atoms with Crippen LogP contribution in [0.4, 0.5) is 11.4 Å². The molecule has 1 aromatic heterocycles. The predicted octanol–water partition coefficient (Wildman–Crippen LogP) is 4.73. The number of nitriles is 1. The van der Waals surface area contributed by atoms with Crippen molar-refractivity contribution in [1.82, 2.24) is 19.6 Å². The number of anilines is 2. The number of rotatable bonds is 5. The summed E-state index contributed by atoms with van der Waals surface area (Å²) in [5.74, 6) is 0.123. The number of hydrogen-bond acceptors (Lipinski definition) is 6. The molecule has 3 heterocycles. The van der Waals surface area contributed by atoms with E-state index in [1.165, 1.54) is 16.8 Å². The van der Waals surface area contributed by atoms with E-state index < -0.39 is 0 Å². The summed E-state index contributed by atoms with van der Waals surface area (Å²) in [4.78, 5) is 23.2. The summed E-state index contributed by atoms with van der Waals surface area (Å²) in [6.07, 6.45) is 1.91. The monoisotopic (exact) mass is 561 g/mol. The summed E-state index contributed by atoms with van der Waals surface area (Å²) in [5, 5.41) is 15.1. The van der Waals surface area contributed by atoms with E-state index in [1.54, 1.807) is 0 Å². The fourth-order valence-corrected chi connectivity index (χ4v) is 6.63. The second-order valence-corrected chi connectivity index (χ2v) is 11.8. The lowest BCUT2D eigenvalue weighted by Crippen LogP contribution is -2.54. The van der Waals surface area contributed by atoms with Crippen LogP contribution < -0.4 is 9.80 Å². The maximum Gasteiger partial charge on any atom is 0.254 e. The Hall–Kier alpha value is -4.35. The van der Waals surface area contributed by atoms with Gasteiger partial charge in [0.05, 0.1) is 28.7 Å². The molecule has 1 amide bonds. The number of amides is 1. The first-order valence-corrected chi connectivity index (χ1v) is 14.9. The number of carbonyl (C=O) groups excluding carboxylic acids is 1. The molecular formula is C34H39N7O. The van der Waals surface area contributed by atoms with Gasteiger partial charge in [-0.05, 0) is 61.7 Å². The van der Waals surface area contributed by atoms with Gasteiger partial charge < -0.3 is 14.7 Å². The molecule has 2 fully saturated rings. The summed E-state index contributed by atoms with van der Waals surface area (Å²) < 4.78 is 1.94. The minimum absolute atomic E-state index is 0.0863. The summed E-state index contributed by atoms with van der Waals surface area (Å²) in [7, 11) is 1.99. The first-order chi connectivity index (χ1) is 20.3. The molecule has 2 aliphatic rings. The van der Waals surface area contributed by atoms with Gasteiger partial charge in [-0.1, -0.05) is 30.3 Å². The zero-order valence-corrected chi connectivity index (χ0v) is 25.0. The Balaban J connectivity index is 1.14. The zero-order chi connectivity index (χ0) is 29.4. The summed E-state index contributed by atoms with van der Waals surface area (Å²) in [6.45, 7) is 13.0. The van der Waals surface area contributed by atoms with E-state index in [0.29, 0.717) is 6.54 Å². The Morgan fingerprint density at radius 2 is 1.67 bits per heavy atom. The third kappa shape index (κ3) is 5.21. The quantitative estimate of drug-likeness (QED) is 0.351. The fourth-order valence-electron chi connectivity index (χ4n) is 6.63. The van der Waals surface area contributed by atoms with E-state index in [2.05, 4.69) is 77.0 Å². The van der Waals surface area contributed by atoms with Gasteiger partial charge in [0.15, 0.2) is 0 Å². The number of aromatic nitrogens is 2. The number of hydrogen-bond donors (Lipinski definition) is 0. The largest absolute Gasteiger partial charge is 0.368 e. The molecule has 4 aromatic rings. The summed E-state index contributed by atoms with van der Waals surface area (Å²) in [6, 6.07) is 20.9. The van der Waals surface area contributed by atoms with Crippen LogP contribution in [0, 0.1) is 25.2 Å². The van der Waals surface area contributed by atoms with Crippen LogP contribution in [0.15, 0.2) is 60.8 Å². The van der Waals surface area contributed by atoms with Crippen LogP contribution >= 0.6 is 0 Å². The standard InChI is InChI=1S/C34H39N7O/c1-24-18-25(2)30(19-29(24)23-38-12-14-39(15-13-38)31-10-6-5-8-27(31)20-35)34(42)41-17-16-40(22-26(41)3)32-11-7-9-28-21-36-37(4)33(28)32/h5-11,18-19,21,26H,12-17,22-23H2,1-4H3/t26-/m0/s1. The lowest BCUT2D eigenvalue weighted by molar-refractivity contribution is 0.0673. The second kappa shape index (κ2) is 11.5. The average Bonchev–Trinajstić information content (AvgIpc) is 3.39. The number of benzene rings is 3. The van der Waals surface area contributed by atoms with Crippen molar-refractivity contribution in [3.63, 3.8) is 0 Å². The molecule has 216 valence electrons. The lowest BCUT2D eigenvalue weighted by atomic mass is 9.97. The molecule has 2 saturated heterocycles. The highest BCUT2D eigenvalue weighted by Gasteiger charge is 2.30. The van der Waals surface area contributed by atoms with Crippen LogP contribution in [0.25, 0.3) is 10.9 Å². The molecule has 0 spiro atoms. The van der Waals surface area contributed by atoms with Gasteiger partial charge in [-0.2, -0.15) is 10.4 Å². The van der Waals surface area contributed by atoms with E-state index in [9.17, 15) is 10.1 Å². The molecule has 0 aliphatic carbocycles. The van der Waals surface area contributed by atoms with Crippen LogP contribution in [-0.2, 0) is 13.6 Å². The molecule has 1 atom stereocenters. The van der Waals surface area contributed by atoms with Gasteiger partial charge in [0, 0.05) is 76.4 Å². The smallest absolute Gasteiger partial charge is 0.254 e. The van der Waals surface area contributed by atoms with Crippen molar-refractivity contribution in [2.45, 2.75) is 33.4 Å². The summed E-state index contributed by atoms with van der Waals surface area (Å²) in [5.41, 5.74) is 8.35. The van der Waals surface area contributed by atoms with Gasteiger partial charge in [-0.15, -0.1) is 0 Å². The van der Waals surface area contributed by atoms with Crippen LogP contribution in [0.5, 0.6) is 0 Å². The van der Waals surface area contributed by atoms with Gasteiger partial charge >= 0.3 is 0 Å². The molecule has 0 unspecified atom stereocenters. The number of nitrogens with zero attached hydrogens (tertiary/aromatic N) is 7. The topological polar surface area (TPSA) is 71.6 Å². The minimum atomic E-state index is 0.0863. The molecule has 0 saturated carbocycles. The molecule has 0 bridgehead atoms. The van der Waals surface area contributed by atoms with E-state index in [-0.39, 0.29) is 11.9 Å². The van der Waals surface area contributed by atoms with E-state index >= 15 is 0 Å². The third-order valence-electron chi connectivity index (χ3n) is 9.01. The molecule has 6 rings (SSSR count). The molecule has 0 N–H and O–H groups in total. The normalized spacial score (nSPS) is 18.0. The Kier molecular flexibility index (Phi) is 7.61. The van der Waals surface area contributed by atoms with E-state index in [4.69, 9.17) is 0 Å². The number of aryl methyl sites for hydroxylation is 3. The second-order valence-electron chi connectivity index (χ2n) is 11.8. The molecule has 42 heavy (non-hydrogen) atoms. The van der Waals surface area contributed by atoms with Crippen molar-refractivity contribution in [1.29, 1.82) is 5.26 Å². The molecule has 8 heteroatoms. The van der Waals surface area contributed by atoms with Gasteiger partial charge in [-0.3, -0.25) is 14.4 Å². The van der Waals surface area contributed by atoms with Crippen LogP contribution in [-0.4, -0.2) is 77.3 Å². The average molecular weight is 562 g/mol. The maximum atomic E-state index is 14.0.